The molecule has 1 aliphatic rings. The van der Waals surface area contributed by atoms with Crippen LogP contribution in [-0.2, 0) is 0 Å². The summed E-state index contributed by atoms with van der Waals surface area (Å²) in [4.78, 5) is 0. The Balaban J connectivity index is 1.95. The smallest absolute Gasteiger partial charge is 0.120 e. The Kier molecular flexibility index (Phi) is 4.41. The molecule has 1 aromatic rings. The van der Waals surface area contributed by atoms with Crippen LogP contribution in [0.2, 0.25) is 0 Å². The van der Waals surface area contributed by atoms with Crippen molar-refractivity contribution in [2.75, 3.05) is 12.4 Å². The summed E-state index contributed by atoms with van der Waals surface area (Å²) >= 11 is 6.80. The third kappa shape index (κ3) is 3.06. The Labute approximate surface area is 117 Å². The number of ether oxygens (including phenoxy) is 1. The Morgan fingerprint density at radius 2 is 2.06 bits per heavy atom. The van der Waals surface area contributed by atoms with Crippen molar-refractivity contribution in [3.05, 3.63) is 27.8 Å². The van der Waals surface area contributed by atoms with Crippen LogP contribution in [0, 0.1) is 8.99 Å². The molecule has 0 radical (unpaired) electrons. The van der Waals surface area contributed by atoms with Gasteiger partial charge >= 0.3 is 0 Å². The number of thiol groups is 1. The molecule has 0 spiro atoms. The molecule has 0 aromatic heterocycles. The molecule has 1 fully saturated rings. The minimum atomic E-state index is 0.324. The van der Waals surface area contributed by atoms with Crippen LogP contribution in [0.15, 0.2) is 24.3 Å². The third-order valence-electron chi connectivity index (χ3n) is 3.34. The van der Waals surface area contributed by atoms with Crippen LogP contribution in [0.5, 0.6) is 5.75 Å². The lowest BCUT2D eigenvalue weighted by atomic mass is 9.90. The molecule has 0 bridgehead atoms. The van der Waals surface area contributed by atoms with Crippen LogP contribution in [0.25, 0.3) is 0 Å². The molecular weight excluding hydrogens is 331 g/mol. The molecule has 1 saturated carbocycles. The molecule has 0 atom stereocenters. The van der Waals surface area contributed by atoms with Gasteiger partial charge in [-0.2, -0.15) is 12.6 Å². The van der Waals surface area contributed by atoms with Gasteiger partial charge in [0, 0.05) is 8.99 Å². The quantitative estimate of drug-likeness (QED) is 0.635. The van der Waals surface area contributed by atoms with Gasteiger partial charge in [0.1, 0.15) is 5.75 Å². The van der Waals surface area contributed by atoms with Gasteiger partial charge in [0.15, 0.2) is 0 Å². The van der Waals surface area contributed by atoms with Gasteiger partial charge in [0.2, 0.25) is 0 Å². The van der Waals surface area contributed by atoms with Gasteiger partial charge in [-0.15, -0.1) is 0 Å². The fraction of sp³-hybridized carbons (Fsp3) is 0.538. The molecule has 16 heavy (non-hydrogen) atoms. The van der Waals surface area contributed by atoms with E-state index < -0.39 is 0 Å². The predicted octanol–water partition coefficient (Wildman–Crippen LogP) is 4.16. The first-order valence-corrected chi connectivity index (χ1v) is 7.44. The van der Waals surface area contributed by atoms with Crippen LogP contribution in [0.3, 0.4) is 0 Å². The van der Waals surface area contributed by atoms with Crippen LogP contribution in [-0.4, -0.2) is 12.4 Å². The third-order valence-corrected chi connectivity index (χ3v) is 4.68. The standard InChI is InChI=1S/C13H17IOS/c14-11-4-3-5-12(8-11)15-9-13(10-16)6-1-2-7-13/h3-5,8,16H,1-2,6-7,9-10H2. The zero-order chi connectivity index (χ0) is 11.4. The average molecular weight is 348 g/mol. The highest BCUT2D eigenvalue weighted by Gasteiger charge is 2.33. The molecular formula is C13H17IOS. The normalized spacial score (nSPS) is 18.6. The van der Waals surface area contributed by atoms with Crippen LogP contribution in [0.4, 0.5) is 0 Å². The first-order valence-electron chi connectivity index (χ1n) is 5.73. The number of rotatable bonds is 4. The minimum absolute atomic E-state index is 0.324. The molecule has 0 unspecified atom stereocenters. The van der Waals surface area contributed by atoms with Gasteiger partial charge in [0.05, 0.1) is 6.61 Å². The Bertz CT molecular complexity index is 348. The second-order valence-electron chi connectivity index (χ2n) is 4.61. The summed E-state index contributed by atoms with van der Waals surface area (Å²) in [5.74, 6) is 1.93. The van der Waals surface area contributed by atoms with Crippen LogP contribution >= 0.6 is 35.2 Å². The maximum atomic E-state index is 5.91. The van der Waals surface area contributed by atoms with E-state index in [0.717, 1.165) is 18.1 Å². The van der Waals surface area contributed by atoms with Gasteiger partial charge in [-0.3, -0.25) is 0 Å². The van der Waals surface area contributed by atoms with E-state index in [1.165, 1.54) is 29.3 Å². The van der Waals surface area contributed by atoms with Gasteiger partial charge in [-0.1, -0.05) is 18.9 Å². The topological polar surface area (TPSA) is 9.23 Å². The Morgan fingerprint density at radius 1 is 1.31 bits per heavy atom. The monoisotopic (exact) mass is 348 g/mol. The van der Waals surface area contributed by atoms with Gasteiger partial charge in [-0.05, 0) is 59.4 Å². The summed E-state index contributed by atoms with van der Waals surface area (Å²) in [6.45, 7) is 0.816. The fourth-order valence-electron chi connectivity index (χ4n) is 2.27. The lowest BCUT2D eigenvalue weighted by molar-refractivity contribution is 0.173. The van der Waals surface area contributed by atoms with Gasteiger partial charge in [-0.25, -0.2) is 0 Å². The summed E-state index contributed by atoms with van der Waals surface area (Å²) in [5.41, 5.74) is 0.324. The highest BCUT2D eigenvalue weighted by molar-refractivity contribution is 14.1. The summed E-state index contributed by atoms with van der Waals surface area (Å²) in [6, 6.07) is 8.24. The second kappa shape index (κ2) is 5.63. The van der Waals surface area contributed by atoms with E-state index in [1.54, 1.807) is 0 Å². The summed E-state index contributed by atoms with van der Waals surface area (Å²) in [6.07, 6.45) is 5.19. The maximum absolute atomic E-state index is 5.91. The predicted molar refractivity (Wildman–Crippen MR) is 79.4 cm³/mol. The SMILES string of the molecule is SCC1(COc2cccc(I)c2)CCCC1. The second-order valence-corrected chi connectivity index (χ2v) is 6.17. The minimum Gasteiger partial charge on any atom is -0.493 e. The summed E-state index contributed by atoms with van der Waals surface area (Å²) < 4.78 is 7.13. The van der Waals surface area contributed by atoms with E-state index in [4.69, 9.17) is 4.74 Å². The van der Waals surface area contributed by atoms with Crippen molar-refractivity contribution >= 4 is 35.2 Å². The first-order chi connectivity index (χ1) is 7.74. The number of benzene rings is 1. The molecule has 3 heteroatoms. The maximum Gasteiger partial charge on any atom is 0.120 e. The van der Waals surface area contributed by atoms with E-state index >= 15 is 0 Å². The molecule has 0 amide bonds. The van der Waals surface area contributed by atoms with E-state index in [9.17, 15) is 0 Å². The van der Waals surface area contributed by atoms with Crippen molar-refractivity contribution in [1.82, 2.24) is 0 Å². The largest absolute Gasteiger partial charge is 0.493 e. The zero-order valence-corrected chi connectivity index (χ0v) is 12.3. The molecule has 88 valence electrons. The van der Waals surface area contributed by atoms with E-state index in [0.29, 0.717) is 5.41 Å². The molecule has 1 nitrogen and oxygen atoms in total. The van der Waals surface area contributed by atoms with Crippen LogP contribution in [0.1, 0.15) is 25.7 Å². The summed E-state index contributed by atoms with van der Waals surface area (Å²) in [7, 11) is 0. The molecule has 0 heterocycles. The fourth-order valence-corrected chi connectivity index (χ4v) is 3.19. The first kappa shape index (κ1) is 12.6. The number of hydrogen-bond donors (Lipinski definition) is 1. The van der Waals surface area contributed by atoms with E-state index in [1.807, 2.05) is 12.1 Å². The molecule has 0 aliphatic heterocycles. The zero-order valence-electron chi connectivity index (χ0n) is 9.29. The Hall–Kier alpha value is 0.100. The van der Waals surface area contributed by atoms with E-state index in [2.05, 4.69) is 47.4 Å². The highest BCUT2D eigenvalue weighted by Crippen LogP contribution is 2.39. The number of halogens is 1. The van der Waals surface area contributed by atoms with Crippen molar-refractivity contribution in [1.29, 1.82) is 0 Å². The van der Waals surface area contributed by atoms with Gasteiger partial charge in [0.25, 0.3) is 0 Å². The van der Waals surface area contributed by atoms with Crippen molar-refractivity contribution in [2.45, 2.75) is 25.7 Å². The molecule has 1 aromatic carbocycles. The Morgan fingerprint density at radius 3 is 2.69 bits per heavy atom. The summed E-state index contributed by atoms with van der Waals surface area (Å²) in [5, 5.41) is 0. The van der Waals surface area contributed by atoms with Gasteiger partial charge < -0.3 is 4.74 Å². The number of hydrogen-bond acceptors (Lipinski definition) is 2. The molecule has 1 aliphatic carbocycles. The van der Waals surface area contributed by atoms with E-state index in [-0.39, 0.29) is 0 Å². The van der Waals surface area contributed by atoms with Crippen molar-refractivity contribution in [3.8, 4) is 5.75 Å². The van der Waals surface area contributed by atoms with Crippen LogP contribution < -0.4 is 4.74 Å². The average Bonchev–Trinajstić information content (AvgIpc) is 2.76. The van der Waals surface area contributed by atoms with Crippen molar-refractivity contribution in [2.24, 2.45) is 5.41 Å². The lowest BCUT2D eigenvalue weighted by Crippen LogP contribution is -2.27. The van der Waals surface area contributed by atoms with Crippen molar-refractivity contribution in [3.63, 3.8) is 0 Å². The lowest BCUT2D eigenvalue weighted by Gasteiger charge is -2.26. The highest BCUT2D eigenvalue weighted by atomic mass is 127. The molecule has 0 N–H and O–H groups in total. The molecule has 0 saturated heterocycles. The van der Waals surface area contributed by atoms with Crippen molar-refractivity contribution < 1.29 is 4.74 Å². The molecule has 2 rings (SSSR count).